The topological polar surface area (TPSA) is 218 Å². The van der Waals surface area contributed by atoms with Crippen LogP contribution in [-0.2, 0) is 20.2 Å². The number of rotatable bonds is 8. The summed E-state index contributed by atoms with van der Waals surface area (Å²) in [7, 11) is -9.24. The number of aromatic nitrogens is 3. The minimum Gasteiger partial charge on any atom is -0.355 e. The Morgan fingerprint density at radius 2 is 1.20 bits per heavy atom. The molecular weight excluding hydrogens is 660 g/mol. The summed E-state index contributed by atoms with van der Waals surface area (Å²) in [4.78, 5) is 37.5. The Labute approximate surface area is 266 Å². The van der Waals surface area contributed by atoms with Gasteiger partial charge in [0.25, 0.3) is 20.2 Å². The van der Waals surface area contributed by atoms with Crippen LogP contribution in [0.15, 0.2) is 94.7 Å². The standard InChI is InChI=1S/C29H19ClN6O8S2/c30-27-34-28(32-15-8-11-17(12-9-15)45(39,40)41)36-29(35-27)33-21-13-10-16(14-23(21)46(42,43)44)31-22-7-3-6-20-24(22)26(38)19-5-2-1-4-18(19)25(20)37/h1-14,31H,(H,39,40,41)(H,42,43,44)(H2,32,33,34,35,36). The number of fused-ring (bicyclic) bond motifs is 2. The average Bonchev–Trinajstić information content (AvgIpc) is 2.99. The van der Waals surface area contributed by atoms with Crippen molar-refractivity contribution in [3.63, 3.8) is 0 Å². The van der Waals surface area contributed by atoms with E-state index in [1.165, 1.54) is 30.3 Å². The fraction of sp³-hybridized carbons (Fsp3) is 0. The zero-order valence-corrected chi connectivity index (χ0v) is 25.4. The molecule has 0 radical (unpaired) electrons. The number of nitrogens with one attached hydrogen (secondary N) is 3. The fourth-order valence-corrected chi connectivity index (χ4v) is 6.06. The quantitative estimate of drug-likeness (QED) is 0.134. The third-order valence-corrected chi connectivity index (χ3v) is 8.68. The monoisotopic (exact) mass is 678 g/mol. The Morgan fingerprint density at radius 3 is 1.85 bits per heavy atom. The summed E-state index contributed by atoms with van der Waals surface area (Å²) in [5, 5.41) is 8.13. The maximum atomic E-state index is 13.4. The minimum atomic E-state index is -4.84. The van der Waals surface area contributed by atoms with Crippen molar-refractivity contribution in [3.05, 3.63) is 112 Å². The second-order valence-electron chi connectivity index (χ2n) is 9.74. The number of ketones is 2. The van der Waals surface area contributed by atoms with E-state index >= 15 is 0 Å². The van der Waals surface area contributed by atoms with Crippen molar-refractivity contribution < 1.29 is 35.5 Å². The fourth-order valence-electron chi connectivity index (χ4n) is 4.74. The van der Waals surface area contributed by atoms with Gasteiger partial charge in [0, 0.05) is 28.1 Å². The number of benzene rings is 4. The summed E-state index contributed by atoms with van der Waals surface area (Å²) in [6.07, 6.45) is 0. The van der Waals surface area contributed by atoms with Crippen LogP contribution in [0.25, 0.3) is 0 Å². The lowest BCUT2D eigenvalue weighted by molar-refractivity contribution is 0.0979. The van der Waals surface area contributed by atoms with E-state index in [0.717, 1.165) is 18.2 Å². The molecular formula is C29H19ClN6O8S2. The maximum Gasteiger partial charge on any atom is 0.296 e. The van der Waals surface area contributed by atoms with Gasteiger partial charge in [0.2, 0.25) is 17.2 Å². The number of carbonyl (C=O) groups is 2. The molecule has 46 heavy (non-hydrogen) atoms. The molecule has 0 saturated heterocycles. The summed E-state index contributed by atoms with van der Waals surface area (Å²) in [6.45, 7) is 0. The molecule has 0 unspecified atom stereocenters. The zero-order valence-electron chi connectivity index (χ0n) is 23.0. The normalized spacial score (nSPS) is 12.7. The Morgan fingerprint density at radius 1 is 0.587 bits per heavy atom. The second-order valence-corrected chi connectivity index (χ2v) is 12.9. The molecule has 17 heteroatoms. The third kappa shape index (κ3) is 6.15. The van der Waals surface area contributed by atoms with Gasteiger partial charge in [-0.15, -0.1) is 0 Å². The highest BCUT2D eigenvalue weighted by Gasteiger charge is 2.31. The van der Waals surface area contributed by atoms with Crippen LogP contribution in [0.5, 0.6) is 0 Å². The van der Waals surface area contributed by atoms with E-state index in [1.807, 2.05) is 0 Å². The predicted molar refractivity (Wildman–Crippen MR) is 167 cm³/mol. The van der Waals surface area contributed by atoms with Gasteiger partial charge in [-0.05, 0) is 60.1 Å². The SMILES string of the molecule is O=C1c2ccccc2C(=O)c2c(Nc3ccc(Nc4nc(Cl)nc(Nc5ccc(S(=O)(=O)O)cc5)n4)c(S(=O)(=O)O)c3)cccc21. The van der Waals surface area contributed by atoms with E-state index in [9.17, 15) is 31.0 Å². The largest absolute Gasteiger partial charge is 0.355 e. The smallest absolute Gasteiger partial charge is 0.296 e. The molecule has 0 aliphatic heterocycles. The third-order valence-electron chi connectivity index (χ3n) is 6.75. The highest BCUT2D eigenvalue weighted by molar-refractivity contribution is 7.86. The van der Waals surface area contributed by atoms with Gasteiger partial charge in [-0.3, -0.25) is 18.7 Å². The molecule has 6 rings (SSSR count). The molecule has 0 bridgehead atoms. The molecule has 0 atom stereocenters. The summed E-state index contributed by atoms with van der Waals surface area (Å²) in [6, 6.07) is 20.0. The molecule has 0 saturated carbocycles. The van der Waals surface area contributed by atoms with Crippen molar-refractivity contribution >= 4 is 78.0 Å². The number of hydrogen-bond donors (Lipinski definition) is 5. The minimum absolute atomic E-state index is 0.108. The van der Waals surface area contributed by atoms with E-state index < -0.39 is 25.1 Å². The molecule has 232 valence electrons. The first-order chi connectivity index (χ1) is 21.8. The molecule has 1 aromatic heterocycles. The van der Waals surface area contributed by atoms with Crippen molar-refractivity contribution in [2.75, 3.05) is 16.0 Å². The zero-order chi connectivity index (χ0) is 32.8. The van der Waals surface area contributed by atoms with Gasteiger partial charge in [-0.25, -0.2) is 0 Å². The molecule has 1 aliphatic rings. The number of carbonyl (C=O) groups excluding carboxylic acids is 2. The second kappa shape index (κ2) is 11.6. The molecule has 0 fully saturated rings. The summed E-state index contributed by atoms with van der Waals surface area (Å²) in [5.74, 6) is -1.04. The first-order valence-corrected chi connectivity index (χ1v) is 16.3. The first kappa shape index (κ1) is 30.8. The highest BCUT2D eigenvalue weighted by Crippen LogP contribution is 2.35. The van der Waals surface area contributed by atoms with Crippen LogP contribution in [0.2, 0.25) is 5.28 Å². The molecule has 5 aromatic rings. The first-order valence-electron chi connectivity index (χ1n) is 13.0. The van der Waals surface area contributed by atoms with Crippen LogP contribution in [0, 0.1) is 0 Å². The van der Waals surface area contributed by atoms with E-state index in [1.54, 1.807) is 36.4 Å². The van der Waals surface area contributed by atoms with Gasteiger partial charge in [-0.2, -0.15) is 31.8 Å². The number of hydrogen-bond acceptors (Lipinski definition) is 12. The molecule has 0 amide bonds. The van der Waals surface area contributed by atoms with E-state index in [2.05, 4.69) is 30.9 Å². The van der Waals surface area contributed by atoms with Gasteiger partial charge in [0.05, 0.1) is 21.8 Å². The van der Waals surface area contributed by atoms with Crippen LogP contribution in [0.1, 0.15) is 31.8 Å². The summed E-state index contributed by atoms with van der Waals surface area (Å²) in [5.41, 5.74) is 1.42. The van der Waals surface area contributed by atoms with Crippen molar-refractivity contribution in [2.24, 2.45) is 0 Å². The summed E-state index contributed by atoms with van der Waals surface area (Å²) >= 11 is 6.04. The Bertz CT molecular complexity index is 2300. The number of anilines is 6. The number of halogens is 1. The van der Waals surface area contributed by atoms with E-state index in [0.29, 0.717) is 5.69 Å². The van der Waals surface area contributed by atoms with E-state index in [4.69, 9.17) is 16.2 Å². The Kier molecular flexibility index (Phi) is 7.75. The Balaban J connectivity index is 1.29. The van der Waals surface area contributed by atoms with Crippen LogP contribution >= 0.6 is 11.6 Å². The lowest BCUT2D eigenvalue weighted by Gasteiger charge is -2.21. The van der Waals surface area contributed by atoms with Gasteiger partial charge < -0.3 is 16.0 Å². The van der Waals surface area contributed by atoms with Crippen molar-refractivity contribution in [3.8, 4) is 0 Å². The highest BCUT2D eigenvalue weighted by atomic mass is 35.5. The number of nitrogens with zero attached hydrogens (tertiary/aromatic N) is 3. The molecule has 0 spiro atoms. The predicted octanol–water partition coefficient (Wildman–Crippen LogP) is 5.02. The lowest BCUT2D eigenvalue weighted by Crippen LogP contribution is -2.22. The Hall–Kier alpha value is -5.26. The molecule has 1 heterocycles. The molecule has 5 N–H and O–H groups in total. The van der Waals surface area contributed by atoms with Crippen LogP contribution in [-0.4, -0.2) is 52.5 Å². The van der Waals surface area contributed by atoms with E-state index in [-0.39, 0.29) is 73.0 Å². The molecule has 14 nitrogen and oxygen atoms in total. The van der Waals surface area contributed by atoms with Crippen molar-refractivity contribution in [1.29, 1.82) is 0 Å². The lowest BCUT2D eigenvalue weighted by atomic mass is 9.83. The van der Waals surface area contributed by atoms with Gasteiger partial charge >= 0.3 is 0 Å². The van der Waals surface area contributed by atoms with Crippen LogP contribution in [0.4, 0.5) is 34.6 Å². The average molecular weight is 679 g/mol. The van der Waals surface area contributed by atoms with Crippen molar-refractivity contribution in [2.45, 2.75) is 9.79 Å². The van der Waals surface area contributed by atoms with Crippen LogP contribution < -0.4 is 16.0 Å². The van der Waals surface area contributed by atoms with Gasteiger partial charge in [0.1, 0.15) is 4.90 Å². The maximum absolute atomic E-state index is 13.4. The van der Waals surface area contributed by atoms with Gasteiger partial charge in [0.15, 0.2) is 11.6 Å². The summed E-state index contributed by atoms with van der Waals surface area (Å²) < 4.78 is 66.6. The van der Waals surface area contributed by atoms with Crippen LogP contribution in [0.3, 0.4) is 0 Å². The van der Waals surface area contributed by atoms with Gasteiger partial charge in [-0.1, -0.05) is 36.4 Å². The molecule has 1 aliphatic carbocycles. The molecule has 4 aromatic carbocycles. The van der Waals surface area contributed by atoms with Crippen molar-refractivity contribution in [1.82, 2.24) is 15.0 Å².